The van der Waals surface area contributed by atoms with Gasteiger partial charge in [-0.2, -0.15) is 0 Å². The Morgan fingerprint density at radius 1 is 1.50 bits per heavy atom. The molecule has 0 N–H and O–H groups in total. The normalized spacial score (nSPS) is 21.6. The molecule has 0 aromatic carbocycles. The summed E-state index contributed by atoms with van der Waals surface area (Å²) in [6.07, 6.45) is 2.99. The third-order valence-electron chi connectivity index (χ3n) is 2.87. The lowest BCUT2D eigenvalue weighted by Gasteiger charge is -2.17. The molecule has 2 heterocycles. The first kappa shape index (κ1) is 9.31. The summed E-state index contributed by atoms with van der Waals surface area (Å²) in [4.78, 5) is 14.0. The fourth-order valence-electron chi connectivity index (χ4n) is 1.98. The lowest BCUT2D eigenvalue weighted by molar-refractivity contribution is 0.659. The van der Waals surface area contributed by atoms with Crippen LogP contribution >= 0.6 is 0 Å². The van der Waals surface area contributed by atoms with Gasteiger partial charge in [0.15, 0.2) is 0 Å². The molecule has 1 atom stereocenters. The predicted octanol–water partition coefficient (Wildman–Crippen LogP) is 1.23. The van der Waals surface area contributed by atoms with Gasteiger partial charge in [0.2, 0.25) is 0 Å². The van der Waals surface area contributed by atoms with Crippen LogP contribution in [0.2, 0.25) is 0 Å². The van der Waals surface area contributed by atoms with E-state index in [1.807, 2.05) is 12.1 Å². The van der Waals surface area contributed by atoms with Gasteiger partial charge in [-0.1, -0.05) is 6.92 Å². The Balaban J connectivity index is 2.33. The van der Waals surface area contributed by atoms with Gasteiger partial charge in [0, 0.05) is 26.3 Å². The van der Waals surface area contributed by atoms with Crippen LogP contribution in [0.25, 0.3) is 0 Å². The maximum absolute atomic E-state index is 11.8. The highest BCUT2D eigenvalue weighted by Gasteiger charge is 2.20. The van der Waals surface area contributed by atoms with Gasteiger partial charge in [-0.3, -0.25) is 4.79 Å². The third-order valence-corrected chi connectivity index (χ3v) is 2.87. The molecular formula is C11H16N2O. The second-order valence-electron chi connectivity index (χ2n) is 4.15. The van der Waals surface area contributed by atoms with Crippen molar-refractivity contribution < 1.29 is 0 Å². The summed E-state index contributed by atoms with van der Waals surface area (Å²) in [6, 6.07) is 3.85. The van der Waals surface area contributed by atoms with E-state index in [0.717, 1.165) is 18.8 Å². The SMILES string of the molecule is CC1CCN(c2cccn(C)c2=O)C1. The van der Waals surface area contributed by atoms with Crippen molar-refractivity contribution in [1.29, 1.82) is 0 Å². The van der Waals surface area contributed by atoms with Crippen molar-refractivity contribution in [1.82, 2.24) is 4.57 Å². The number of pyridine rings is 1. The Hall–Kier alpha value is -1.25. The molecule has 0 radical (unpaired) electrons. The molecule has 3 heteroatoms. The average Bonchev–Trinajstić information content (AvgIpc) is 2.57. The van der Waals surface area contributed by atoms with E-state index in [9.17, 15) is 4.79 Å². The molecule has 1 fully saturated rings. The summed E-state index contributed by atoms with van der Waals surface area (Å²) in [5, 5.41) is 0. The van der Waals surface area contributed by atoms with E-state index in [1.165, 1.54) is 6.42 Å². The van der Waals surface area contributed by atoms with Crippen LogP contribution < -0.4 is 10.5 Å². The monoisotopic (exact) mass is 192 g/mol. The van der Waals surface area contributed by atoms with Crippen molar-refractivity contribution in [3.8, 4) is 0 Å². The molecule has 1 aromatic rings. The summed E-state index contributed by atoms with van der Waals surface area (Å²) in [5.74, 6) is 0.708. The van der Waals surface area contributed by atoms with Crippen LogP contribution in [0.4, 0.5) is 5.69 Å². The molecule has 1 saturated heterocycles. The first-order valence-corrected chi connectivity index (χ1v) is 5.09. The van der Waals surface area contributed by atoms with Gasteiger partial charge in [-0.15, -0.1) is 0 Å². The van der Waals surface area contributed by atoms with Gasteiger partial charge < -0.3 is 9.47 Å². The lowest BCUT2D eigenvalue weighted by Crippen LogP contribution is -2.29. The lowest BCUT2D eigenvalue weighted by atomic mass is 10.2. The maximum Gasteiger partial charge on any atom is 0.273 e. The molecule has 0 aliphatic carbocycles. The molecule has 0 spiro atoms. The smallest absolute Gasteiger partial charge is 0.273 e. The van der Waals surface area contributed by atoms with Crippen molar-refractivity contribution in [3.63, 3.8) is 0 Å². The first-order valence-electron chi connectivity index (χ1n) is 5.09. The van der Waals surface area contributed by atoms with Gasteiger partial charge >= 0.3 is 0 Å². The second-order valence-corrected chi connectivity index (χ2v) is 4.15. The minimum absolute atomic E-state index is 0.113. The highest BCUT2D eigenvalue weighted by Crippen LogP contribution is 2.19. The molecule has 1 aromatic heterocycles. The zero-order chi connectivity index (χ0) is 10.1. The van der Waals surface area contributed by atoms with E-state index in [1.54, 1.807) is 17.8 Å². The first-order chi connectivity index (χ1) is 6.68. The van der Waals surface area contributed by atoms with Gasteiger partial charge in [0.05, 0.1) is 0 Å². The van der Waals surface area contributed by atoms with Gasteiger partial charge in [0.25, 0.3) is 5.56 Å². The van der Waals surface area contributed by atoms with E-state index in [0.29, 0.717) is 5.92 Å². The zero-order valence-corrected chi connectivity index (χ0v) is 8.73. The molecule has 0 saturated carbocycles. The van der Waals surface area contributed by atoms with Crippen LogP contribution in [0, 0.1) is 5.92 Å². The maximum atomic E-state index is 11.8. The van der Waals surface area contributed by atoms with Gasteiger partial charge in [-0.25, -0.2) is 0 Å². The molecule has 1 unspecified atom stereocenters. The second kappa shape index (κ2) is 3.48. The molecule has 2 rings (SSSR count). The molecule has 1 aliphatic rings. The number of anilines is 1. The number of aromatic nitrogens is 1. The summed E-state index contributed by atoms with van der Waals surface area (Å²) < 4.78 is 1.64. The third kappa shape index (κ3) is 1.54. The highest BCUT2D eigenvalue weighted by atomic mass is 16.1. The highest BCUT2D eigenvalue weighted by molar-refractivity contribution is 5.44. The Bertz CT molecular complexity index is 383. The summed E-state index contributed by atoms with van der Waals surface area (Å²) in [7, 11) is 1.80. The Morgan fingerprint density at radius 3 is 2.93 bits per heavy atom. The van der Waals surface area contributed by atoms with Crippen molar-refractivity contribution in [3.05, 3.63) is 28.7 Å². The van der Waals surface area contributed by atoms with Crippen LogP contribution in [0.3, 0.4) is 0 Å². The standard InChI is InChI=1S/C11H16N2O/c1-9-5-7-13(8-9)10-4-3-6-12(2)11(10)14/h3-4,6,9H,5,7-8H2,1-2H3. The Morgan fingerprint density at radius 2 is 2.29 bits per heavy atom. The van der Waals surface area contributed by atoms with Crippen molar-refractivity contribution in [2.75, 3.05) is 18.0 Å². The molecule has 0 amide bonds. The molecule has 0 bridgehead atoms. The minimum atomic E-state index is 0.113. The molecule has 1 aliphatic heterocycles. The number of hydrogen-bond donors (Lipinski definition) is 0. The number of aryl methyl sites for hydroxylation is 1. The zero-order valence-electron chi connectivity index (χ0n) is 8.73. The Labute approximate surface area is 84.0 Å². The van der Waals surface area contributed by atoms with Crippen molar-refractivity contribution in [2.24, 2.45) is 13.0 Å². The molecule has 3 nitrogen and oxygen atoms in total. The largest absolute Gasteiger partial charge is 0.367 e. The van der Waals surface area contributed by atoms with Crippen LogP contribution in [0.15, 0.2) is 23.1 Å². The van der Waals surface area contributed by atoms with E-state index >= 15 is 0 Å². The van der Waals surface area contributed by atoms with E-state index < -0.39 is 0 Å². The van der Waals surface area contributed by atoms with Gasteiger partial charge in [-0.05, 0) is 24.5 Å². The van der Waals surface area contributed by atoms with Crippen LogP contribution in [-0.2, 0) is 7.05 Å². The van der Waals surface area contributed by atoms with Gasteiger partial charge in [0.1, 0.15) is 5.69 Å². The summed E-state index contributed by atoms with van der Waals surface area (Å²) in [5.41, 5.74) is 0.959. The topological polar surface area (TPSA) is 25.2 Å². The molecule has 14 heavy (non-hydrogen) atoms. The quantitative estimate of drug-likeness (QED) is 0.668. The van der Waals surface area contributed by atoms with Crippen LogP contribution in [-0.4, -0.2) is 17.7 Å². The predicted molar refractivity (Wildman–Crippen MR) is 57.7 cm³/mol. The number of nitrogens with zero attached hydrogens (tertiary/aromatic N) is 2. The fourth-order valence-corrected chi connectivity index (χ4v) is 1.98. The Kier molecular flexibility index (Phi) is 2.32. The van der Waals surface area contributed by atoms with Crippen molar-refractivity contribution >= 4 is 5.69 Å². The molecule has 76 valence electrons. The van der Waals surface area contributed by atoms with E-state index in [2.05, 4.69) is 11.8 Å². The summed E-state index contributed by atoms with van der Waals surface area (Å²) >= 11 is 0. The minimum Gasteiger partial charge on any atom is -0.367 e. The van der Waals surface area contributed by atoms with E-state index in [4.69, 9.17) is 0 Å². The molecular weight excluding hydrogens is 176 g/mol. The fraction of sp³-hybridized carbons (Fsp3) is 0.545. The average molecular weight is 192 g/mol. The van der Waals surface area contributed by atoms with Crippen molar-refractivity contribution in [2.45, 2.75) is 13.3 Å². The van der Waals surface area contributed by atoms with Crippen LogP contribution in [0.5, 0.6) is 0 Å². The van der Waals surface area contributed by atoms with Crippen LogP contribution in [0.1, 0.15) is 13.3 Å². The van der Waals surface area contributed by atoms with E-state index in [-0.39, 0.29) is 5.56 Å². The summed E-state index contributed by atoms with van der Waals surface area (Å²) in [6.45, 7) is 4.26. The number of hydrogen-bond acceptors (Lipinski definition) is 2. The number of rotatable bonds is 1.